The molecule has 0 spiro atoms. The van der Waals surface area contributed by atoms with Crippen LogP contribution in [-0.4, -0.2) is 35.1 Å². The van der Waals surface area contributed by atoms with Gasteiger partial charge in [0.2, 0.25) is 0 Å². The van der Waals surface area contributed by atoms with Crippen molar-refractivity contribution in [3.63, 3.8) is 0 Å². The van der Waals surface area contributed by atoms with Crippen LogP contribution in [-0.2, 0) is 11.2 Å². The lowest BCUT2D eigenvalue weighted by Crippen LogP contribution is -2.43. The van der Waals surface area contributed by atoms with Crippen molar-refractivity contribution in [3.8, 4) is 0 Å². The number of carboxylic acid groups (broad SMARTS) is 1. The lowest BCUT2D eigenvalue weighted by Gasteiger charge is -2.29. The number of nitrogens with zero attached hydrogens (tertiary/aromatic N) is 1. The Hall–Kier alpha value is -1.35. The third kappa shape index (κ3) is 11.5. The van der Waals surface area contributed by atoms with Gasteiger partial charge in [-0.1, -0.05) is 108 Å². The van der Waals surface area contributed by atoms with Crippen molar-refractivity contribution in [3.05, 3.63) is 35.9 Å². The third-order valence-electron chi connectivity index (χ3n) is 5.60. The van der Waals surface area contributed by atoms with Gasteiger partial charge in [0.25, 0.3) is 0 Å². The lowest BCUT2D eigenvalue weighted by molar-refractivity contribution is -0.143. The third-order valence-corrected chi connectivity index (χ3v) is 5.60. The molecule has 0 heterocycles. The normalized spacial score (nSPS) is 12.4. The van der Waals surface area contributed by atoms with Crippen LogP contribution in [0.4, 0.5) is 0 Å². The average molecular weight is 390 g/mol. The van der Waals surface area contributed by atoms with E-state index in [1.54, 1.807) is 0 Å². The number of hydrogen-bond donors (Lipinski definition) is 1. The molecule has 28 heavy (non-hydrogen) atoms. The maximum absolute atomic E-state index is 12.1. The molecule has 0 amide bonds. The molecule has 3 nitrogen and oxygen atoms in total. The Morgan fingerprint density at radius 3 is 1.71 bits per heavy atom. The van der Waals surface area contributed by atoms with E-state index in [4.69, 9.17) is 0 Å². The Bertz CT molecular complexity index is 473. The molecule has 0 bridgehead atoms. The summed E-state index contributed by atoms with van der Waals surface area (Å²) < 4.78 is 0. The maximum atomic E-state index is 12.1. The summed E-state index contributed by atoms with van der Waals surface area (Å²) in [6.45, 7) is 6.29. The largest absolute Gasteiger partial charge is 0.480 e. The van der Waals surface area contributed by atoms with Crippen molar-refractivity contribution in [2.75, 3.05) is 13.1 Å². The van der Waals surface area contributed by atoms with Gasteiger partial charge in [-0.25, -0.2) is 0 Å². The first-order valence-electron chi connectivity index (χ1n) is 11.7. The van der Waals surface area contributed by atoms with Crippen LogP contribution in [0.15, 0.2) is 30.3 Å². The van der Waals surface area contributed by atoms with Crippen molar-refractivity contribution in [1.82, 2.24) is 4.90 Å². The van der Waals surface area contributed by atoms with E-state index in [-0.39, 0.29) is 0 Å². The Morgan fingerprint density at radius 1 is 0.786 bits per heavy atom. The zero-order valence-electron chi connectivity index (χ0n) is 18.4. The van der Waals surface area contributed by atoms with E-state index in [0.717, 1.165) is 31.5 Å². The number of hydrogen-bond acceptors (Lipinski definition) is 2. The molecule has 1 unspecified atom stereocenters. The zero-order valence-corrected chi connectivity index (χ0v) is 18.4. The predicted molar refractivity (Wildman–Crippen MR) is 120 cm³/mol. The molecule has 0 aliphatic carbocycles. The highest BCUT2D eigenvalue weighted by molar-refractivity contribution is 5.74. The Labute approximate surface area is 173 Å². The van der Waals surface area contributed by atoms with Crippen LogP contribution in [0, 0.1) is 0 Å². The van der Waals surface area contributed by atoms with Crippen LogP contribution in [0.1, 0.15) is 96.5 Å². The molecule has 0 fully saturated rings. The highest BCUT2D eigenvalue weighted by Gasteiger charge is 2.25. The zero-order chi connectivity index (χ0) is 20.5. The maximum Gasteiger partial charge on any atom is 0.321 e. The van der Waals surface area contributed by atoms with Gasteiger partial charge < -0.3 is 5.11 Å². The minimum Gasteiger partial charge on any atom is -0.480 e. The molecule has 160 valence electrons. The second kappa shape index (κ2) is 16.6. The van der Waals surface area contributed by atoms with E-state index >= 15 is 0 Å². The molecule has 0 aliphatic rings. The van der Waals surface area contributed by atoms with E-state index in [1.807, 2.05) is 30.3 Å². The Kier molecular flexibility index (Phi) is 14.6. The molecule has 0 saturated heterocycles. The van der Waals surface area contributed by atoms with Gasteiger partial charge in [-0.3, -0.25) is 9.69 Å². The van der Waals surface area contributed by atoms with E-state index in [1.165, 1.54) is 64.2 Å². The van der Waals surface area contributed by atoms with Crippen LogP contribution >= 0.6 is 0 Å². The number of carboxylic acids is 1. The van der Waals surface area contributed by atoms with Crippen molar-refractivity contribution < 1.29 is 9.90 Å². The average Bonchev–Trinajstić information content (AvgIpc) is 2.70. The summed E-state index contributed by atoms with van der Waals surface area (Å²) in [4.78, 5) is 14.3. The number of rotatable bonds is 18. The van der Waals surface area contributed by atoms with Gasteiger partial charge in [-0.05, 0) is 37.9 Å². The van der Waals surface area contributed by atoms with E-state index in [9.17, 15) is 9.90 Å². The van der Waals surface area contributed by atoms with Crippen LogP contribution in [0.3, 0.4) is 0 Å². The summed E-state index contributed by atoms with van der Waals surface area (Å²) in [5, 5.41) is 9.91. The molecule has 0 aromatic heterocycles. The molecule has 0 saturated carbocycles. The van der Waals surface area contributed by atoms with E-state index < -0.39 is 12.0 Å². The molecular formula is C25H43NO2. The quantitative estimate of drug-likeness (QED) is 0.284. The van der Waals surface area contributed by atoms with Gasteiger partial charge >= 0.3 is 5.97 Å². The highest BCUT2D eigenvalue weighted by atomic mass is 16.4. The Morgan fingerprint density at radius 2 is 1.25 bits per heavy atom. The fraction of sp³-hybridized carbons (Fsp3) is 0.720. The van der Waals surface area contributed by atoms with Gasteiger partial charge in [0, 0.05) is 0 Å². The highest BCUT2D eigenvalue weighted by Crippen LogP contribution is 2.15. The second-order valence-electron chi connectivity index (χ2n) is 8.12. The summed E-state index contributed by atoms with van der Waals surface area (Å²) >= 11 is 0. The van der Waals surface area contributed by atoms with Crippen LogP contribution in [0.25, 0.3) is 0 Å². The van der Waals surface area contributed by atoms with Gasteiger partial charge in [0.05, 0.1) is 0 Å². The summed E-state index contributed by atoms with van der Waals surface area (Å²) in [5.74, 6) is -0.680. The van der Waals surface area contributed by atoms with Crippen molar-refractivity contribution in [1.29, 1.82) is 0 Å². The number of benzene rings is 1. The molecule has 1 atom stereocenters. The van der Waals surface area contributed by atoms with Gasteiger partial charge in [0.15, 0.2) is 0 Å². The molecule has 1 N–H and O–H groups in total. The van der Waals surface area contributed by atoms with E-state index in [0.29, 0.717) is 6.42 Å². The monoisotopic (exact) mass is 389 g/mol. The molecule has 3 heteroatoms. The number of carbonyl (C=O) groups is 1. The summed E-state index contributed by atoms with van der Waals surface area (Å²) in [6.07, 6.45) is 15.6. The van der Waals surface area contributed by atoms with Crippen LogP contribution < -0.4 is 0 Å². The summed E-state index contributed by atoms with van der Waals surface area (Å²) in [6, 6.07) is 9.67. The van der Waals surface area contributed by atoms with Crippen molar-refractivity contribution in [2.24, 2.45) is 0 Å². The number of aliphatic carboxylic acids is 1. The van der Waals surface area contributed by atoms with Crippen molar-refractivity contribution in [2.45, 2.75) is 103 Å². The first-order valence-corrected chi connectivity index (χ1v) is 11.7. The molecule has 1 rings (SSSR count). The molecule has 0 radical (unpaired) electrons. The fourth-order valence-corrected chi connectivity index (χ4v) is 3.82. The molecule has 1 aromatic carbocycles. The minimum absolute atomic E-state index is 0.409. The van der Waals surface area contributed by atoms with Crippen LogP contribution in [0.5, 0.6) is 0 Å². The van der Waals surface area contributed by atoms with Crippen LogP contribution in [0.2, 0.25) is 0 Å². The summed E-state index contributed by atoms with van der Waals surface area (Å²) in [5.41, 5.74) is 1.12. The standard InChI is InChI=1S/C25H43NO2/c1-3-5-7-9-11-16-20-26(21-17-12-10-8-6-4-2)24(25(27)28)22-23-18-14-13-15-19-23/h13-15,18-19,24H,3-12,16-17,20-22H2,1-2H3,(H,27,28). The number of unbranched alkanes of at least 4 members (excludes halogenated alkanes) is 10. The van der Waals surface area contributed by atoms with Crippen molar-refractivity contribution >= 4 is 5.97 Å². The minimum atomic E-state index is -0.680. The lowest BCUT2D eigenvalue weighted by atomic mass is 10.0. The fourth-order valence-electron chi connectivity index (χ4n) is 3.82. The topological polar surface area (TPSA) is 40.5 Å². The smallest absolute Gasteiger partial charge is 0.321 e. The van der Waals surface area contributed by atoms with Gasteiger partial charge in [-0.2, -0.15) is 0 Å². The second-order valence-corrected chi connectivity index (χ2v) is 8.12. The van der Waals surface area contributed by atoms with E-state index in [2.05, 4.69) is 18.7 Å². The first kappa shape index (κ1) is 24.7. The summed E-state index contributed by atoms with van der Waals surface area (Å²) in [7, 11) is 0. The SMILES string of the molecule is CCCCCCCCN(CCCCCCCC)C(Cc1ccccc1)C(=O)O. The molecular weight excluding hydrogens is 346 g/mol. The molecule has 0 aliphatic heterocycles. The van der Waals surface area contributed by atoms with Gasteiger partial charge in [0.1, 0.15) is 6.04 Å². The predicted octanol–water partition coefficient (Wildman–Crippen LogP) is 6.71. The van der Waals surface area contributed by atoms with Gasteiger partial charge in [-0.15, -0.1) is 0 Å². The Balaban J connectivity index is 2.56. The molecule has 1 aromatic rings. The first-order chi connectivity index (χ1) is 13.7.